The van der Waals surface area contributed by atoms with Gasteiger partial charge in [-0.25, -0.2) is 0 Å². The largest absolute Gasteiger partial charge is 0.397 e. The Morgan fingerprint density at radius 3 is 2.89 bits per heavy atom. The van der Waals surface area contributed by atoms with Crippen LogP contribution in [-0.4, -0.2) is 20.7 Å². The van der Waals surface area contributed by atoms with Crippen molar-refractivity contribution >= 4 is 17.4 Å². The van der Waals surface area contributed by atoms with Gasteiger partial charge in [-0.3, -0.25) is 4.79 Å². The summed E-state index contributed by atoms with van der Waals surface area (Å²) < 4.78 is 1.82. The Balaban J connectivity index is 2.24. The van der Waals surface area contributed by atoms with E-state index in [-0.39, 0.29) is 11.9 Å². The molecule has 0 aromatic carbocycles. The first-order chi connectivity index (χ1) is 8.58. The molecule has 0 saturated carbocycles. The van der Waals surface area contributed by atoms with Crippen LogP contribution in [0.5, 0.6) is 0 Å². The van der Waals surface area contributed by atoms with E-state index in [2.05, 4.69) is 15.5 Å². The van der Waals surface area contributed by atoms with Gasteiger partial charge in [0, 0.05) is 18.4 Å². The molecular formula is C12H15N5O. The summed E-state index contributed by atoms with van der Waals surface area (Å²) in [5.74, 6) is 0.165. The number of carbonyl (C=O) groups is 1. The van der Waals surface area contributed by atoms with E-state index in [0.29, 0.717) is 17.2 Å². The van der Waals surface area contributed by atoms with Gasteiger partial charge in [-0.1, -0.05) is 0 Å². The van der Waals surface area contributed by atoms with Crippen molar-refractivity contribution in [3.8, 4) is 0 Å². The van der Waals surface area contributed by atoms with Gasteiger partial charge < -0.3 is 15.6 Å². The van der Waals surface area contributed by atoms with E-state index < -0.39 is 0 Å². The van der Waals surface area contributed by atoms with Crippen LogP contribution in [0.25, 0.3) is 0 Å². The second-order valence-electron chi connectivity index (χ2n) is 4.22. The molecule has 0 radical (unpaired) electrons. The van der Waals surface area contributed by atoms with Gasteiger partial charge in [0.1, 0.15) is 5.69 Å². The summed E-state index contributed by atoms with van der Waals surface area (Å²) >= 11 is 0. The molecule has 0 atom stereocenters. The second kappa shape index (κ2) is 4.87. The molecule has 0 bridgehead atoms. The van der Waals surface area contributed by atoms with Crippen molar-refractivity contribution in [1.29, 1.82) is 0 Å². The van der Waals surface area contributed by atoms with Crippen LogP contribution in [0.3, 0.4) is 0 Å². The Morgan fingerprint density at radius 2 is 2.28 bits per heavy atom. The Labute approximate surface area is 105 Å². The van der Waals surface area contributed by atoms with E-state index in [1.807, 2.05) is 18.4 Å². The minimum Gasteiger partial charge on any atom is -0.397 e. The van der Waals surface area contributed by atoms with Gasteiger partial charge in [-0.05, 0) is 32.0 Å². The number of aromatic nitrogens is 3. The molecule has 0 aliphatic rings. The third kappa shape index (κ3) is 2.48. The minimum absolute atomic E-state index is 0.157. The Kier molecular flexibility index (Phi) is 3.27. The van der Waals surface area contributed by atoms with E-state index in [1.54, 1.807) is 30.6 Å². The molecule has 2 aromatic rings. The van der Waals surface area contributed by atoms with E-state index in [0.717, 1.165) is 0 Å². The molecule has 0 unspecified atom stereocenters. The van der Waals surface area contributed by atoms with Crippen LogP contribution in [0.2, 0.25) is 0 Å². The summed E-state index contributed by atoms with van der Waals surface area (Å²) in [5.41, 5.74) is 6.79. The van der Waals surface area contributed by atoms with Crippen LogP contribution in [-0.2, 0) is 0 Å². The van der Waals surface area contributed by atoms with Crippen molar-refractivity contribution in [2.24, 2.45) is 0 Å². The van der Waals surface area contributed by atoms with Gasteiger partial charge in [-0.15, -0.1) is 5.10 Å². The molecule has 3 N–H and O–H groups in total. The summed E-state index contributed by atoms with van der Waals surface area (Å²) in [5, 5.41) is 10.2. The molecule has 6 nitrogen and oxygen atoms in total. The van der Waals surface area contributed by atoms with Gasteiger partial charge in [0.05, 0.1) is 5.69 Å². The van der Waals surface area contributed by atoms with Gasteiger partial charge in [0.2, 0.25) is 0 Å². The number of hydrogen-bond acceptors (Lipinski definition) is 4. The number of hydrogen-bond donors (Lipinski definition) is 2. The molecule has 0 aliphatic heterocycles. The summed E-state index contributed by atoms with van der Waals surface area (Å²) in [6.07, 6.45) is 3.29. The van der Waals surface area contributed by atoms with Crippen LogP contribution < -0.4 is 11.1 Å². The van der Waals surface area contributed by atoms with Crippen molar-refractivity contribution < 1.29 is 4.79 Å². The Hall–Kier alpha value is -2.37. The molecule has 1 amide bonds. The average molecular weight is 245 g/mol. The molecular weight excluding hydrogens is 230 g/mol. The molecule has 2 heterocycles. The lowest BCUT2D eigenvalue weighted by atomic mass is 10.3. The molecule has 0 spiro atoms. The maximum atomic E-state index is 12.1. The fourth-order valence-electron chi connectivity index (χ4n) is 1.66. The summed E-state index contributed by atoms with van der Waals surface area (Å²) in [4.78, 5) is 12.1. The zero-order valence-electron chi connectivity index (χ0n) is 10.3. The summed E-state index contributed by atoms with van der Waals surface area (Å²) in [7, 11) is 0. The fourth-order valence-corrected chi connectivity index (χ4v) is 1.66. The van der Waals surface area contributed by atoms with E-state index >= 15 is 0 Å². The number of nitrogen functional groups attached to an aromatic ring is 1. The highest BCUT2D eigenvalue weighted by Crippen LogP contribution is 2.17. The van der Waals surface area contributed by atoms with Gasteiger partial charge in [0.25, 0.3) is 5.91 Å². The van der Waals surface area contributed by atoms with Crippen LogP contribution in [0.15, 0.2) is 30.6 Å². The quantitative estimate of drug-likeness (QED) is 0.861. The van der Waals surface area contributed by atoms with Gasteiger partial charge >= 0.3 is 0 Å². The summed E-state index contributed by atoms with van der Waals surface area (Å²) in [6, 6.07) is 5.19. The zero-order chi connectivity index (χ0) is 13.1. The Bertz CT molecular complexity index is 547. The number of nitrogens with zero attached hydrogens (tertiary/aromatic N) is 3. The highest BCUT2D eigenvalue weighted by molar-refractivity contribution is 6.03. The first-order valence-electron chi connectivity index (χ1n) is 5.64. The highest BCUT2D eigenvalue weighted by atomic mass is 16.2. The number of carbonyl (C=O) groups excluding carboxylic acids is 1. The highest BCUT2D eigenvalue weighted by Gasteiger charge is 2.15. The smallest absolute Gasteiger partial charge is 0.273 e. The number of nitrogens with two attached hydrogens (primary N) is 1. The molecule has 94 valence electrons. The van der Waals surface area contributed by atoms with Crippen molar-refractivity contribution in [3.63, 3.8) is 0 Å². The molecule has 0 fully saturated rings. The van der Waals surface area contributed by atoms with Crippen molar-refractivity contribution in [2.45, 2.75) is 19.9 Å². The number of amides is 1. The standard InChI is InChI=1S/C12H15N5O/c1-8(2)17-7-9(13)6-10(17)12(18)15-11-4-3-5-14-16-11/h3-8H,13H2,1-2H3,(H,15,16,18). The number of anilines is 2. The molecule has 0 saturated heterocycles. The maximum absolute atomic E-state index is 12.1. The maximum Gasteiger partial charge on any atom is 0.273 e. The van der Waals surface area contributed by atoms with Crippen molar-refractivity contribution in [1.82, 2.24) is 14.8 Å². The third-order valence-corrected chi connectivity index (χ3v) is 2.47. The fraction of sp³-hybridized carbons (Fsp3) is 0.250. The Morgan fingerprint density at radius 1 is 1.50 bits per heavy atom. The molecule has 18 heavy (non-hydrogen) atoms. The zero-order valence-corrected chi connectivity index (χ0v) is 10.3. The van der Waals surface area contributed by atoms with E-state index in [9.17, 15) is 4.79 Å². The lowest BCUT2D eigenvalue weighted by Gasteiger charge is -2.12. The lowest BCUT2D eigenvalue weighted by molar-refractivity contribution is 0.101. The van der Waals surface area contributed by atoms with E-state index in [4.69, 9.17) is 5.73 Å². The van der Waals surface area contributed by atoms with Crippen molar-refractivity contribution in [3.05, 3.63) is 36.3 Å². The molecule has 2 rings (SSSR count). The minimum atomic E-state index is -0.249. The molecule has 0 aliphatic carbocycles. The van der Waals surface area contributed by atoms with E-state index in [1.165, 1.54) is 0 Å². The second-order valence-corrected chi connectivity index (χ2v) is 4.22. The first kappa shape index (κ1) is 12.1. The van der Waals surface area contributed by atoms with Gasteiger partial charge in [0.15, 0.2) is 5.82 Å². The lowest BCUT2D eigenvalue weighted by Crippen LogP contribution is -2.18. The topological polar surface area (TPSA) is 85.8 Å². The third-order valence-electron chi connectivity index (χ3n) is 2.47. The SMILES string of the molecule is CC(C)n1cc(N)cc1C(=O)Nc1cccnn1. The van der Waals surface area contributed by atoms with Crippen LogP contribution in [0.4, 0.5) is 11.5 Å². The van der Waals surface area contributed by atoms with Crippen LogP contribution in [0, 0.1) is 0 Å². The number of rotatable bonds is 3. The average Bonchev–Trinajstić information content (AvgIpc) is 2.73. The summed E-state index contributed by atoms with van der Waals surface area (Å²) in [6.45, 7) is 3.97. The molecule has 2 aromatic heterocycles. The monoisotopic (exact) mass is 245 g/mol. The van der Waals surface area contributed by atoms with Crippen LogP contribution >= 0.6 is 0 Å². The van der Waals surface area contributed by atoms with Gasteiger partial charge in [-0.2, -0.15) is 5.10 Å². The molecule has 6 heteroatoms. The predicted octanol–water partition coefficient (Wildman–Crippen LogP) is 1.69. The number of nitrogens with one attached hydrogen (secondary N) is 1. The van der Waals surface area contributed by atoms with Crippen molar-refractivity contribution in [2.75, 3.05) is 11.1 Å². The normalized spacial score (nSPS) is 10.6. The predicted molar refractivity (Wildman–Crippen MR) is 69.2 cm³/mol. The van der Waals surface area contributed by atoms with Crippen LogP contribution in [0.1, 0.15) is 30.4 Å². The first-order valence-corrected chi connectivity index (χ1v) is 5.64.